The van der Waals surface area contributed by atoms with E-state index in [9.17, 15) is 4.79 Å². The van der Waals surface area contributed by atoms with Gasteiger partial charge in [-0.2, -0.15) is 5.10 Å². The van der Waals surface area contributed by atoms with Crippen molar-refractivity contribution in [3.05, 3.63) is 12.3 Å². The highest BCUT2D eigenvalue weighted by Crippen LogP contribution is 2.08. The molecule has 0 radical (unpaired) electrons. The molecule has 5 heteroatoms. The fourth-order valence-electron chi connectivity index (χ4n) is 0.983. The monoisotopic (exact) mass is 259 g/mol. The Kier molecular flexibility index (Phi) is 4.13. The van der Waals surface area contributed by atoms with Crippen LogP contribution < -0.4 is 5.32 Å². The molecule has 0 unspecified atom stereocenters. The van der Waals surface area contributed by atoms with E-state index >= 15 is 0 Å². The van der Waals surface area contributed by atoms with Gasteiger partial charge in [0.2, 0.25) is 5.91 Å². The molecule has 0 spiro atoms. The summed E-state index contributed by atoms with van der Waals surface area (Å²) in [6.07, 6.45) is 2.32. The van der Waals surface area contributed by atoms with Crippen molar-refractivity contribution in [3.8, 4) is 0 Å². The van der Waals surface area contributed by atoms with Crippen molar-refractivity contribution in [2.75, 3.05) is 10.6 Å². The summed E-state index contributed by atoms with van der Waals surface area (Å²) in [5, 5.41) is 7.59. The number of alkyl halides is 1. The number of aromatic nitrogens is 2. The second kappa shape index (κ2) is 5.14. The van der Waals surface area contributed by atoms with Crippen LogP contribution in [-0.4, -0.2) is 21.0 Å². The molecule has 0 aromatic carbocycles. The molecule has 78 valence electrons. The minimum absolute atomic E-state index is 0.0177. The standard InChI is InChI=1S/C9H14BrN3O/c1-7(2)13-6-4-8(12-13)11-9(14)3-5-10/h4,6-7H,3,5H2,1-2H3,(H,11,12,14). The van der Waals surface area contributed by atoms with Crippen LogP contribution in [0.25, 0.3) is 0 Å². The van der Waals surface area contributed by atoms with Gasteiger partial charge >= 0.3 is 0 Å². The second-order valence-electron chi connectivity index (χ2n) is 3.26. The van der Waals surface area contributed by atoms with Crippen molar-refractivity contribution in [2.24, 2.45) is 0 Å². The number of carbonyl (C=O) groups is 1. The Morgan fingerprint density at radius 3 is 2.93 bits per heavy atom. The second-order valence-corrected chi connectivity index (χ2v) is 4.05. The molecule has 0 atom stereocenters. The average Bonchev–Trinajstić information content (AvgIpc) is 2.53. The normalized spacial score (nSPS) is 10.6. The van der Waals surface area contributed by atoms with E-state index < -0.39 is 0 Å². The van der Waals surface area contributed by atoms with Gasteiger partial charge in [0.1, 0.15) is 0 Å². The van der Waals surface area contributed by atoms with Crippen LogP contribution in [0, 0.1) is 0 Å². The quantitative estimate of drug-likeness (QED) is 0.843. The molecule has 1 heterocycles. The Balaban J connectivity index is 2.55. The Morgan fingerprint density at radius 1 is 1.71 bits per heavy atom. The summed E-state index contributed by atoms with van der Waals surface area (Å²) in [6.45, 7) is 4.08. The van der Waals surface area contributed by atoms with Crippen molar-refractivity contribution in [3.63, 3.8) is 0 Å². The van der Waals surface area contributed by atoms with Crippen LogP contribution in [0.4, 0.5) is 5.82 Å². The van der Waals surface area contributed by atoms with Crippen molar-refractivity contribution < 1.29 is 4.79 Å². The SMILES string of the molecule is CC(C)n1ccc(NC(=O)CCBr)n1. The predicted molar refractivity (Wildman–Crippen MR) is 59.7 cm³/mol. The highest BCUT2D eigenvalue weighted by atomic mass is 79.9. The van der Waals surface area contributed by atoms with Gasteiger partial charge in [0.25, 0.3) is 0 Å². The van der Waals surface area contributed by atoms with Crippen molar-refractivity contribution in [2.45, 2.75) is 26.3 Å². The summed E-state index contributed by atoms with van der Waals surface area (Å²) >= 11 is 3.21. The molecule has 1 rings (SSSR count). The van der Waals surface area contributed by atoms with E-state index in [2.05, 4.69) is 26.3 Å². The van der Waals surface area contributed by atoms with Crippen molar-refractivity contribution >= 4 is 27.7 Å². The molecule has 0 aliphatic carbocycles. The molecular weight excluding hydrogens is 246 g/mol. The van der Waals surface area contributed by atoms with Crippen LogP contribution in [0.5, 0.6) is 0 Å². The largest absolute Gasteiger partial charge is 0.309 e. The molecule has 0 aliphatic heterocycles. The summed E-state index contributed by atoms with van der Waals surface area (Å²) < 4.78 is 1.81. The molecular formula is C9H14BrN3O. The van der Waals surface area contributed by atoms with E-state index in [1.807, 2.05) is 24.7 Å². The van der Waals surface area contributed by atoms with E-state index in [1.54, 1.807) is 6.07 Å². The van der Waals surface area contributed by atoms with Crippen molar-refractivity contribution in [1.29, 1.82) is 0 Å². The van der Waals surface area contributed by atoms with Gasteiger partial charge in [0, 0.05) is 30.1 Å². The van der Waals surface area contributed by atoms with Gasteiger partial charge in [0.15, 0.2) is 5.82 Å². The summed E-state index contributed by atoms with van der Waals surface area (Å²) in [6, 6.07) is 2.11. The van der Waals surface area contributed by atoms with E-state index in [1.165, 1.54) is 0 Å². The number of nitrogens with zero attached hydrogens (tertiary/aromatic N) is 2. The molecule has 0 bridgehead atoms. The Bertz CT molecular complexity index is 309. The zero-order chi connectivity index (χ0) is 10.6. The van der Waals surface area contributed by atoms with E-state index in [0.717, 1.165) is 0 Å². The zero-order valence-corrected chi connectivity index (χ0v) is 9.91. The lowest BCUT2D eigenvalue weighted by molar-refractivity contribution is -0.115. The summed E-state index contributed by atoms with van der Waals surface area (Å²) in [5.74, 6) is 0.598. The number of carbonyl (C=O) groups excluding carboxylic acids is 1. The average molecular weight is 260 g/mol. The number of hydrogen-bond donors (Lipinski definition) is 1. The summed E-state index contributed by atoms with van der Waals surface area (Å²) in [7, 11) is 0. The maximum atomic E-state index is 11.2. The minimum Gasteiger partial charge on any atom is -0.309 e. The highest BCUT2D eigenvalue weighted by Gasteiger charge is 2.05. The van der Waals surface area contributed by atoms with Crippen LogP contribution in [0.3, 0.4) is 0 Å². The Morgan fingerprint density at radius 2 is 2.43 bits per heavy atom. The molecule has 4 nitrogen and oxygen atoms in total. The Labute approximate surface area is 91.8 Å². The third-order valence-electron chi connectivity index (χ3n) is 1.73. The van der Waals surface area contributed by atoms with Gasteiger partial charge in [-0.1, -0.05) is 15.9 Å². The maximum absolute atomic E-state index is 11.2. The van der Waals surface area contributed by atoms with E-state index in [0.29, 0.717) is 23.6 Å². The fourth-order valence-corrected chi connectivity index (χ4v) is 1.34. The highest BCUT2D eigenvalue weighted by molar-refractivity contribution is 9.09. The number of anilines is 1. The molecule has 0 fully saturated rings. The number of rotatable bonds is 4. The maximum Gasteiger partial charge on any atom is 0.226 e. The fraction of sp³-hybridized carbons (Fsp3) is 0.556. The lowest BCUT2D eigenvalue weighted by atomic mass is 10.4. The van der Waals surface area contributed by atoms with E-state index in [4.69, 9.17) is 0 Å². The lowest BCUT2D eigenvalue weighted by Crippen LogP contribution is -2.12. The van der Waals surface area contributed by atoms with Crippen LogP contribution in [0.15, 0.2) is 12.3 Å². The summed E-state index contributed by atoms with van der Waals surface area (Å²) in [5.41, 5.74) is 0. The molecule has 1 aromatic rings. The van der Waals surface area contributed by atoms with Crippen molar-refractivity contribution in [1.82, 2.24) is 9.78 Å². The topological polar surface area (TPSA) is 46.9 Å². The van der Waals surface area contributed by atoms with Gasteiger partial charge in [-0.3, -0.25) is 9.48 Å². The molecule has 14 heavy (non-hydrogen) atoms. The van der Waals surface area contributed by atoms with Gasteiger partial charge in [-0.05, 0) is 13.8 Å². The third kappa shape index (κ3) is 3.14. The Hall–Kier alpha value is -0.840. The predicted octanol–water partition coefficient (Wildman–Crippen LogP) is 2.19. The molecule has 1 amide bonds. The third-order valence-corrected chi connectivity index (χ3v) is 2.12. The molecule has 0 aliphatic rings. The summed E-state index contributed by atoms with van der Waals surface area (Å²) in [4.78, 5) is 11.2. The molecule has 1 aromatic heterocycles. The first-order valence-corrected chi connectivity index (χ1v) is 5.66. The molecule has 1 N–H and O–H groups in total. The van der Waals surface area contributed by atoms with Crippen LogP contribution in [-0.2, 0) is 4.79 Å². The number of nitrogens with one attached hydrogen (secondary N) is 1. The smallest absolute Gasteiger partial charge is 0.226 e. The van der Waals surface area contributed by atoms with Gasteiger partial charge in [-0.25, -0.2) is 0 Å². The minimum atomic E-state index is -0.0177. The first-order valence-electron chi connectivity index (χ1n) is 4.54. The van der Waals surface area contributed by atoms with Crippen LogP contribution in [0.2, 0.25) is 0 Å². The zero-order valence-electron chi connectivity index (χ0n) is 8.33. The molecule has 0 saturated carbocycles. The van der Waals surface area contributed by atoms with Gasteiger partial charge < -0.3 is 5.32 Å². The first-order chi connectivity index (χ1) is 6.63. The van der Waals surface area contributed by atoms with Gasteiger partial charge in [-0.15, -0.1) is 0 Å². The van der Waals surface area contributed by atoms with Gasteiger partial charge in [0.05, 0.1) is 0 Å². The number of hydrogen-bond acceptors (Lipinski definition) is 2. The van der Waals surface area contributed by atoms with E-state index in [-0.39, 0.29) is 5.91 Å². The number of amides is 1. The molecule has 0 saturated heterocycles. The van der Waals surface area contributed by atoms with Crippen LogP contribution in [0.1, 0.15) is 26.3 Å². The van der Waals surface area contributed by atoms with Crippen LogP contribution >= 0.6 is 15.9 Å². The lowest BCUT2D eigenvalue weighted by Gasteiger charge is -2.04. The number of halogens is 1. The first kappa shape index (κ1) is 11.2.